The maximum absolute atomic E-state index is 8.36. The van der Waals surface area contributed by atoms with Gasteiger partial charge in [0.05, 0.1) is 0 Å². The van der Waals surface area contributed by atoms with Gasteiger partial charge in [-0.3, -0.25) is 0 Å². The van der Waals surface area contributed by atoms with Crippen LogP contribution in [0.2, 0.25) is 0 Å². The molecule has 0 N–H and O–H groups in total. The molecule has 11 heavy (non-hydrogen) atoms. The van der Waals surface area contributed by atoms with Gasteiger partial charge in [-0.25, -0.2) is 0 Å². The summed E-state index contributed by atoms with van der Waals surface area (Å²) in [5.41, 5.74) is 0. The fourth-order valence-electron chi connectivity index (χ4n) is 0.612. The molecule has 0 aliphatic carbocycles. The Hall–Kier alpha value is 0.293. The summed E-state index contributed by atoms with van der Waals surface area (Å²) in [6.45, 7) is 0. The first-order valence-electron chi connectivity index (χ1n) is 2.81. The van der Waals surface area contributed by atoms with Crippen LogP contribution in [0.4, 0.5) is 0 Å². The Morgan fingerprint density at radius 3 is 2.18 bits per heavy atom. The van der Waals surface area contributed by atoms with Gasteiger partial charge in [0.2, 0.25) is 0 Å². The summed E-state index contributed by atoms with van der Waals surface area (Å²) in [7, 11) is 1.76. The fourth-order valence-corrected chi connectivity index (χ4v) is 2.43. The van der Waals surface area contributed by atoms with Crippen LogP contribution in [0.1, 0.15) is 0 Å². The van der Waals surface area contributed by atoms with E-state index in [1.54, 1.807) is 31.8 Å². The van der Waals surface area contributed by atoms with Crippen molar-refractivity contribution in [3.8, 4) is 5.40 Å². The third kappa shape index (κ3) is 3.03. The molecule has 56 valence electrons. The van der Waals surface area contributed by atoms with Crippen LogP contribution in [-0.2, 0) is 0 Å². The first-order chi connectivity index (χ1) is 5.36. The topological polar surface area (TPSA) is 23.8 Å². The Kier molecular flexibility index (Phi) is 4.29. The van der Waals surface area contributed by atoms with Crippen molar-refractivity contribution in [2.24, 2.45) is 0 Å². The second-order valence-electron chi connectivity index (χ2n) is 1.74. The summed E-state index contributed by atoms with van der Waals surface area (Å²) in [5, 5.41) is 10.4. The van der Waals surface area contributed by atoms with Gasteiger partial charge in [0, 0.05) is 0 Å². The molecule has 0 aromatic heterocycles. The van der Waals surface area contributed by atoms with Crippen LogP contribution in [-0.4, -0.2) is 0 Å². The van der Waals surface area contributed by atoms with Crippen LogP contribution in [0.3, 0.4) is 0 Å². The van der Waals surface area contributed by atoms with Crippen molar-refractivity contribution in [1.29, 1.82) is 5.26 Å². The molecular weight excluding hydrogens is 372 g/mol. The molecule has 0 aliphatic rings. The van der Waals surface area contributed by atoms with Crippen LogP contribution < -0.4 is 0 Å². The van der Waals surface area contributed by atoms with Gasteiger partial charge in [-0.1, -0.05) is 0 Å². The number of nitrogens with zero attached hydrogens (tertiary/aromatic N) is 1. The molecule has 0 unspecified atom stereocenters. The van der Waals surface area contributed by atoms with E-state index in [-0.39, 0.29) is 0 Å². The molecule has 0 amide bonds. The molecule has 0 atom stereocenters. The Morgan fingerprint density at radius 1 is 1.18 bits per heavy atom. The Labute approximate surface area is 87.7 Å². The van der Waals surface area contributed by atoms with E-state index in [0.29, 0.717) is 0 Å². The number of hydrogen-bond acceptors (Lipinski definition) is 3. The van der Waals surface area contributed by atoms with Crippen LogP contribution in [0.5, 0.6) is 0 Å². The molecule has 1 rings (SSSR count). The van der Waals surface area contributed by atoms with Crippen molar-refractivity contribution < 1.29 is 23.3 Å². The van der Waals surface area contributed by atoms with Gasteiger partial charge >= 0.3 is 88.3 Å². The van der Waals surface area contributed by atoms with Crippen LogP contribution >= 0.6 is 20.3 Å². The number of nitriles is 1. The van der Waals surface area contributed by atoms with Crippen molar-refractivity contribution in [2.45, 2.75) is 9.79 Å². The zero-order chi connectivity index (χ0) is 8.10. The third-order valence-corrected chi connectivity index (χ3v) is 4.20. The molecule has 0 heterocycles. The Balaban J connectivity index is 2.76. The molecule has 0 saturated carbocycles. The molecule has 1 aromatic rings. The molecule has 0 spiro atoms. The van der Waals surface area contributed by atoms with E-state index in [1.807, 2.05) is 29.7 Å². The zero-order valence-corrected chi connectivity index (χ0v) is 10.0. The summed E-state index contributed by atoms with van der Waals surface area (Å²) in [5.74, 6) is 0. The molecule has 0 saturated heterocycles. The Morgan fingerprint density at radius 2 is 1.73 bits per heavy atom. The minimum absolute atomic E-state index is 1.01. The third-order valence-electron chi connectivity index (χ3n) is 1.08. The van der Waals surface area contributed by atoms with Gasteiger partial charge in [0.15, 0.2) is 0 Å². The molecule has 1 nitrogen and oxygen atoms in total. The first kappa shape index (κ1) is 9.38. The van der Waals surface area contributed by atoms with Gasteiger partial charge in [0.1, 0.15) is 0 Å². The second-order valence-corrected chi connectivity index (χ2v) is 5.03. The van der Waals surface area contributed by atoms with Crippen LogP contribution in [0, 0.1) is 33.9 Å². The van der Waals surface area contributed by atoms with E-state index in [2.05, 4.69) is 0 Å². The standard InChI is InChI=1S/C7H4AtNS2/c8-11-7-3-1-6(2-4-7)10-5-9/h1-4H. The van der Waals surface area contributed by atoms with E-state index >= 15 is 0 Å². The summed E-state index contributed by atoms with van der Waals surface area (Å²) in [6, 6.07) is 8.00. The number of hydrogen-bond donors (Lipinski definition) is 0. The van der Waals surface area contributed by atoms with Crippen molar-refractivity contribution in [3.63, 3.8) is 0 Å². The van der Waals surface area contributed by atoms with Crippen molar-refractivity contribution >= 4 is 20.3 Å². The number of thioether (sulfide) groups is 1. The molecule has 0 radical (unpaired) electrons. The summed E-state index contributed by atoms with van der Waals surface area (Å²) >= 11 is 2.86. The van der Waals surface area contributed by atoms with Gasteiger partial charge in [-0.15, -0.1) is 0 Å². The van der Waals surface area contributed by atoms with Crippen LogP contribution in [0.25, 0.3) is 0 Å². The predicted molar refractivity (Wildman–Crippen MR) is 43.8 cm³/mol. The monoisotopic (exact) mass is 376 g/mol. The Bertz CT molecular complexity index is 265. The van der Waals surface area contributed by atoms with E-state index in [4.69, 9.17) is 5.26 Å². The fraction of sp³-hybridized carbons (Fsp3) is 0. The van der Waals surface area contributed by atoms with Crippen molar-refractivity contribution in [1.82, 2.24) is 0 Å². The number of thiocyanates is 1. The van der Waals surface area contributed by atoms with Gasteiger partial charge in [-0.05, 0) is 0 Å². The van der Waals surface area contributed by atoms with E-state index in [9.17, 15) is 0 Å². The van der Waals surface area contributed by atoms with Gasteiger partial charge in [-0.2, -0.15) is 0 Å². The quantitative estimate of drug-likeness (QED) is 0.586. The van der Waals surface area contributed by atoms with E-state index in [1.165, 1.54) is 16.7 Å². The minimum atomic E-state index is 1.01. The van der Waals surface area contributed by atoms with Crippen LogP contribution in [0.15, 0.2) is 34.1 Å². The molecule has 0 bridgehead atoms. The summed E-state index contributed by atoms with van der Waals surface area (Å²) < 4.78 is 0. The first-order valence-corrected chi connectivity index (χ1v) is 7.94. The number of rotatable bonds is 2. The molecule has 4 heteroatoms. The van der Waals surface area contributed by atoms with Crippen molar-refractivity contribution in [3.05, 3.63) is 24.3 Å². The molecular formula is C7H4AtNS2. The van der Waals surface area contributed by atoms with Gasteiger partial charge < -0.3 is 0 Å². The second kappa shape index (κ2) is 5.03. The van der Waals surface area contributed by atoms with E-state index in [0.717, 1.165) is 4.90 Å². The normalized spacial score (nSPS) is 9.09. The number of benzene rings is 1. The van der Waals surface area contributed by atoms with Gasteiger partial charge in [0.25, 0.3) is 0 Å². The maximum atomic E-state index is 8.36. The average Bonchev–Trinajstić information content (AvgIpc) is 2.07. The predicted octanol–water partition coefficient (Wildman–Crippen LogP) is 2.82. The molecule has 1 aromatic carbocycles. The molecule has 0 fully saturated rings. The zero-order valence-electron chi connectivity index (χ0n) is 5.45. The molecule has 0 aliphatic heterocycles. The summed E-state index contributed by atoms with van der Waals surface area (Å²) in [6.07, 6.45) is 0. The van der Waals surface area contributed by atoms with E-state index < -0.39 is 0 Å². The average molecular weight is 376 g/mol. The summed E-state index contributed by atoms with van der Waals surface area (Å²) in [4.78, 5) is 2.26. The SMILES string of the molecule is N#CSc1ccc(S[At])cc1. The van der Waals surface area contributed by atoms with Crippen molar-refractivity contribution in [2.75, 3.05) is 0 Å².